The van der Waals surface area contributed by atoms with Gasteiger partial charge in [0.25, 0.3) is 0 Å². The molecule has 0 bridgehead atoms. The Balaban J connectivity index is 3.05. The molecule has 1 aromatic rings. The minimum atomic E-state index is 1.10. The van der Waals surface area contributed by atoms with Crippen LogP contribution >= 0.6 is 11.5 Å². The Morgan fingerprint density at radius 1 is 1.83 bits per heavy atom. The van der Waals surface area contributed by atoms with E-state index in [-0.39, 0.29) is 0 Å². The molecule has 0 unspecified atom stereocenters. The van der Waals surface area contributed by atoms with E-state index in [1.807, 2.05) is 5.38 Å². The van der Waals surface area contributed by atoms with E-state index in [0.717, 1.165) is 27.9 Å². The number of nitrogens with zero attached hydrogens (tertiary/aromatic N) is 1. The molecule has 1 nitrogen and oxygen atoms in total. The summed E-state index contributed by atoms with van der Waals surface area (Å²) in [6.45, 7) is 0. The van der Waals surface area contributed by atoms with Crippen LogP contribution < -0.4 is 2.94 Å². The van der Waals surface area contributed by atoms with E-state index in [1.54, 1.807) is 0 Å². The van der Waals surface area contributed by atoms with Gasteiger partial charge in [-0.1, -0.05) is 0 Å². The molecule has 1 rings (SSSR count). The molecule has 26 valence electrons. The second-order valence-corrected chi connectivity index (χ2v) is 2.83. The average Bonchev–Trinajstić information content (AvgIpc) is 1.86. The van der Waals surface area contributed by atoms with Gasteiger partial charge in [-0.05, 0) is 0 Å². The first-order chi connectivity index (χ1) is 2.89. The van der Waals surface area contributed by atoms with E-state index in [1.165, 1.54) is 14.5 Å². The summed E-state index contributed by atoms with van der Waals surface area (Å²) in [5.41, 5.74) is 0. The third kappa shape index (κ3) is 1.05. The number of hydrogen-bond acceptors (Lipinski definition) is 2. The molecule has 0 radical (unpaired) electrons. The molecule has 0 spiro atoms. The van der Waals surface area contributed by atoms with Gasteiger partial charge in [0.15, 0.2) is 0 Å². The van der Waals surface area contributed by atoms with Crippen LogP contribution in [0.4, 0.5) is 0 Å². The third-order valence-electron chi connectivity index (χ3n) is 0.567. The molecule has 6 heavy (non-hydrogen) atoms. The van der Waals surface area contributed by atoms with Crippen molar-refractivity contribution in [3.05, 3.63) is 11.4 Å². The summed E-state index contributed by atoms with van der Waals surface area (Å²) in [6, 6.07) is 2.05. The topological polar surface area (TPSA) is 12.9 Å². The first kappa shape index (κ1) is 4.78. The van der Waals surface area contributed by atoms with Gasteiger partial charge in [-0.25, -0.2) is 0 Å². The molecule has 0 aromatic carbocycles. The zero-order valence-corrected chi connectivity index (χ0v) is 6.33. The predicted octanol–water partition coefficient (Wildman–Crippen LogP) is -0.0631. The Labute approximate surface area is 58.0 Å². The number of aromatic nitrogens is 1. The van der Waals surface area contributed by atoms with Gasteiger partial charge in [-0.2, -0.15) is 0 Å². The van der Waals surface area contributed by atoms with Crippen molar-refractivity contribution in [1.82, 2.24) is 4.37 Å². The van der Waals surface area contributed by atoms with Gasteiger partial charge >= 0.3 is 58.2 Å². The van der Waals surface area contributed by atoms with Crippen molar-refractivity contribution in [2.24, 2.45) is 0 Å². The van der Waals surface area contributed by atoms with Crippen LogP contribution in [0, 0.1) is 0 Å². The third-order valence-corrected chi connectivity index (χ3v) is 2.10. The molecule has 0 saturated heterocycles. The van der Waals surface area contributed by atoms with Gasteiger partial charge in [-0.15, -0.1) is 0 Å². The van der Waals surface area contributed by atoms with Crippen LogP contribution in [-0.4, -0.2) is 32.3 Å². The molecule has 0 amide bonds. The van der Waals surface area contributed by atoms with Gasteiger partial charge in [0, 0.05) is 0 Å². The molecule has 0 fully saturated rings. The first-order valence-corrected chi connectivity index (χ1v) is 3.60. The predicted molar refractivity (Wildman–Crippen MR) is 27.5 cm³/mol. The molecule has 1 aromatic heterocycles. The summed E-state index contributed by atoms with van der Waals surface area (Å²) < 4.78 is 5.27. The maximum absolute atomic E-state index is 4.02. The van der Waals surface area contributed by atoms with Crippen molar-refractivity contribution in [3.63, 3.8) is 0 Å². The van der Waals surface area contributed by atoms with Crippen LogP contribution in [0.15, 0.2) is 11.4 Å². The summed E-state index contributed by atoms with van der Waals surface area (Å²) in [6.07, 6.45) is 0. The van der Waals surface area contributed by atoms with Crippen molar-refractivity contribution in [1.29, 1.82) is 0 Å². The average molecular weight is 107 g/mol. The van der Waals surface area contributed by atoms with Crippen LogP contribution in [-0.2, 0) is 0 Å². The Morgan fingerprint density at radius 3 is 2.83 bits per heavy atom. The summed E-state index contributed by atoms with van der Waals surface area (Å²) in [5.74, 6) is 0. The van der Waals surface area contributed by atoms with Crippen molar-refractivity contribution in [3.8, 4) is 0 Å². The molecule has 0 saturated carbocycles. The van der Waals surface area contributed by atoms with Crippen LogP contribution in [0.3, 0.4) is 0 Å². The molecular weight excluding hydrogens is 105 g/mol. The fraction of sp³-hybridized carbons (Fsp3) is 0. The zero-order chi connectivity index (χ0) is 4.41. The van der Waals surface area contributed by atoms with Gasteiger partial charge < -0.3 is 0 Å². The summed E-state index contributed by atoms with van der Waals surface area (Å²) in [4.78, 5) is 0. The quantitative estimate of drug-likeness (QED) is 0.423. The Bertz CT molecular complexity index is 114. The molecule has 0 N–H and O–H groups in total. The van der Waals surface area contributed by atoms with E-state index >= 15 is 0 Å². The van der Waals surface area contributed by atoms with E-state index in [2.05, 4.69) is 10.4 Å². The van der Waals surface area contributed by atoms with Crippen LogP contribution in [0.2, 0.25) is 0 Å². The monoisotopic (exact) mass is 107 g/mol. The molecule has 1 heterocycles. The summed E-state index contributed by atoms with van der Waals surface area (Å²) >= 11 is 2.62. The molecular formula is C3H2NNaS. The maximum atomic E-state index is 4.02. The standard InChI is InChI=1S/C3H2NS.Na/c1-2-4-5-3-1;/h1,3H;. The summed E-state index contributed by atoms with van der Waals surface area (Å²) in [5, 5.41) is 2.00. The van der Waals surface area contributed by atoms with E-state index in [4.69, 9.17) is 0 Å². The molecule has 3 heteroatoms. The first-order valence-electron chi connectivity index (χ1n) is 1.76. The van der Waals surface area contributed by atoms with Gasteiger partial charge in [-0.3, -0.25) is 0 Å². The fourth-order valence-electron chi connectivity index (χ4n) is 0.273. The van der Waals surface area contributed by atoms with Crippen LogP contribution in [0.5, 0.6) is 0 Å². The zero-order valence-electron chi connectivity index (χ0n) is 3.51. The van der Waals surface area contributed by atoms with E-state index in [9.17, 15) is 0 Å². The van der Waals surface area contributed by atoms with Crippen molar-refractivity contribution in [2.45, 2.75) is 0 Å². The van der Waals surface area contributed by atoms with Crippen molar-refractivity contribution in [2.75, 3.05) is 0 Å². The second-order valence-electron chi connectivity index (χ2n) is 1.14. The molecule has 0 aliphatic carbocycles. The number of hydrogen-bond donors (Lipinski definition) is 0. The summed E-state index contributed by atoms with van der Waals surface area (Å²) in [7, 11) is 0. The van der Waals surface area contributed by atoms with Gasteiger partial charge in [0.2, 0.25) is 0 Å². The van der Waals surface area contributed by atoms with Crippen LogP contribution in [0.25, 0.3) is 0 Å². The van der Waals surface area contributed by atoms with Gasteiger partial charge in [0.1, 0.15) is 0 Å². The SMILES string of the molecule is [Na][c]1ccsn1. The van der Waals surface area contributed by atoms with Crippen molar-refractivity contribution >= 4 is 42.4 Å². The van der Waals surface area contributed by atoms with Gasteiger partial charge in [0.05, 0.1) is 0 Å². The van der Waals surface area contributed by atoms with Crippen molar-refractivity contribution < 1.29 is 0 Å². The Kier molecular flexibility index (Phi) is 1.65. The Morgan fingerprint density at radius 2 is 2.67 bits per heavy atom. The Hall–Kier alpha value is 0.630. The number of rotatable bonds is 0. The normalized spacial score (nSPS) is 9.00. The second kappa shape index (κ2) is 2.07. The van der Waals surface area contributed by atoms with E-state index < -0.39 is 0 Å². The molecule has 0 atom stereocenters. The minimum absolute atomic E-state index is 1.10. The fourth-order valence-corrected chi connectivity index (χ4v) is 1.54. The molecule has 0 aliphatic rings. The van der Waals surface area contributed by atoms with Crippen LogP contribution in [0.1, 0.15) is 0 Å². The molecule has 0 aliphatic heterocycles. The van der Waals surface area contributed by atoms with E-state index in [0.29, 0.717) is 0 Å².